The molecule has 1 aromatic rings. The molecule has 6 nitrogen and oxygen atoms in total. The maximum atomic E-state index is 11.5. The van der Waals surface area contributed by atoms with E-state index in [4.69, 9.17) is 9.84 Å². The topological polar surface area (TPSA) is 79.7 Å². The van der Waals surface area contributed by atoms with Gasteiger partial charge >= 0.3 is 5.97 Å². The molecule has 0 aliphatic carbocycles. The van der Waals surface area contributed by atoms with Crippen LogP contribution >= 0.6 is 11.3 Å². The molecule has 0 bridgehead atoms. The number of nitrogens with zero attached hydrogens (tertiary/aromatic N) is 2. The summed E-state index contributed by atoms with van der Waals surface area (Å²) >= 11 is 1.14. The molecule has 19 heavy (non-hydrogen) atoms. The van der Waals surface area contributed by atoms with Gasteiger partial charge in [0.05, 0.1) is 12.2 Å². The average molecular weight is 284 g/mol. The molecule has 0 radical (unpaired) electrons. The standard InChI is InChI=1S/C12H16N2O4S/c1-6-4-14(5-7(2)18-6)12-13-9(11(16)17)10(19-12)8(3)15/h6-7H,4-5H2,1-3H3,(H,16,17)/t6-,7+. The van der Waals surface area contributed by atoms with E-state index in [1.54, 1.807) is 0 Å². The van der Waals surface area contributed by atoms with Crippen LogP contribution in [0, 0.1) is 0 Å². The van der Waals surface area contributed by atoms with Crippen molar-refractivity contribution in [2.24, 2.45) is 0 Å². The summed E-state index contributed by atoms with van der Waals surface area (Å²) in [4.78, 5) is 28.8. The Balaban J connectivity index is 2.32. The first-order valence-electron chi connectivity index (χ1n) is 6.04. The van der Waals surface area contributed by atoms with Crippen LogP contribution in [0.15, 0.2) is 0 Å². The fraction of sp³-hybridized carbons (Fsp3) is 0.583. The monoisotopic (exact) mass is 284 g/mol. The van der Waals surface area contributed by atoms with Crippen molar-refractivity contribution < 1.29 is 19.4 Å². The lowest BCUT2D eigenvalue weighted by Gasteiger charge is -2.35. The third-order valence-electron chi connectivity index (χ3n) is 2.83. The average Bonchev–Trinajstić information content (AvgIpc) is 2.72. The number of ketones is 1. The van der Waals surface area contributed by atoms with Gasteiger partial charge in [0.25, 0.3) is 0 Å². The van der Waals surface area contributed by atoms with Crippen LogP contribution in [0.3, 0.4) is 0 Å². The summed E-state index contributed by atoms with van der Waals surface area (Å²) in [5.74, 6) is -1.43. The van der Waals surface area contributed by atoms with E-state index in [1.807, 2.05) is 18.7 Å². The van der Waals surface area contributed by atoms with Gasteiger partial charge in [-0.2, -0.15) is 0 Å². The van der Waals surface area contributed by atoms with E-state index in [0.29, 0.717) is 18.2 Å². The van der Waals surface area contributed by atoms with Crippen LogP contribution in [0.25, 0.3) is 0 Å². The Bertz CT molecular complexity index is 472. The van der Waals surface area contributed by atoms with Gasteiger partial charge in [0, 0.05) is 20.0 Å². The summed E-state index contributed by atoms with van der Waals surface area (Å²) in [6, 6.07) is 0. The van der Waals surface area contributed by atoms with E-state index in [2.05, 4.69) is 4.98 Å². The number of carboxylic acids is 1. The minimum absolute atomic E-state index is 0.0571. The molecule has 1 saturated heterocycles. The molecule has 1 aromatic heterocycles. The number of aromatic nitrogens is 1. The smallest absolute Gasteiger partial charge is 0.356 e. The highest BCUT2D eigenvalue weighted by Gasteiger charge is 2.28. The molecule has 0 aromatic carbocycles. The number of rotatable bonds is 3. The Kier molecular flexibility index (Phi) is 3.86. The zero-order chi connectivity index (χ0) is 14.2. The minimum atomic E-state index is -1.16. The predicted octanol–water partition coefficient (Wildman–Crippen LogP) is 1.66. The van der Waals surface area contributed by atoms with Crippen molar-refractivity contribution in [3.63, 3.8) is 0 Å². The van der Waals surface area contributed by atoms with Crippen molar-refractivity contribution in [2.45, 2.75) is 33.0 Å². The van der Waals surface area contributed by atoms with Crippen LogP contribution in [0.1, 0.15) is 40.9 Å². The molecule has 2 heterocycles. The second kappa shape index (κ2) is 5.26. The third kappa shape index (κ3) is 2.93. The molecular formula is C12H16N2O4S. The summed E-state index contributed by atoms with van der Waals surface area (Å²) in [7, 11) is 0. The number of aromatic carboxylic acids is 1. The zero-order valence-electron chi connectivity index (χ0n) is 11.0. The molecule has 1 aliphatic heterocycles. The van der Waals surface area contributed by atoms with Crippen LogP contribution < -0.4 is 4.90 Å². The lowest BCUT2D eigenvalue weighted by molar-refractivity contribution is -0.00523. The Labute approximate surface area is 115 Å². The highest BCUT2D eigenvalue weighted by molar-refractivity contribution is 7.17. The molecule has 1 N–H and O–H groups in total. The quantitative estimate of drug-likeness (QED) is 0.850. The second-order valence-electron chi connectivity index (χ2n) is 4.70. The third-order valence-corrected chi connectivity index (χ3v) is 4.05. The minimum Gasteiger partial charge on any atom is -0.476 e. The Morgan fingerprint density at radius 1 is 1.37 bits per heavy atom. The molecule has 104 valence electrons. The first-order chi connectivity index (χ1) is 8.88. The fourth-order valence-corrected chi connectivity index (χ4v) is 3.13. The molecule has 0 saturated carbocycles. The van der Waals surface area contributed by atoms with Crippen molar-refractivity contribution in [2.75, 3.05) is 18.0 Å². The summed E-state index contributed by atoms with van der Waals surface area (Å²) in [5, 5.41) is 9.65. The highest BCUT2D eigenvalue weighted by Crippen LogP contribution is 2.29. The van der Waals surface area contributed by atoms with Gasteiger partial charge in [0.2, 0.25) is 0 Å². The summed E-state index contributed by atoms with van der Waals surface area (Å²) < 4.78 is 5.62. The number of Topliss-reactive ketones (excluding diaryl/α,β-unsaturated/α-hetero) is 1. The molecule has 0 spiro atoms. The van der Waals surface area contributed by atoms with E-state index in [-0.39, 0.29) is 28.6 Å². The molecule has 0 amide bonds. The second-order valence-corrected chi connectivity index (χ2v) is 5.68. The van der Waals surface area contributed by atoms with Crippen LogP contribution in [0.2, 0.25) is 0 Å². The van der Waals surface area contributed by atoms with Crippen molar-refractivity contribution in [1.82, 2.24) is 4.98 Å². The van der Waals surface area contributed by atoms with Crippen LogP contribution in [0.5, 0.6) is 0 Å². The van der Waals surface area contributed by atoms with Crippen molar-refractivity contribution >= 4 is 28.2 Å². The van der Waals surface area contributed by atoms with Crippen molar-refractivity contribution in [3.05, 3.63) is 10.6 Å². The maximum absolute atomic E-state index is 11.5. The fourth-order valence-electron chi connectivity index (χ4n) is 2.16. The molecular weight excluding hydrogens is 268 g/mol. The summed E-state index contributed by atoms with van der Waals surface area (Å²) in [6.07, 6.45) is 0.114. The molecule has 0 unspecified atom stereocenters. The van der Waals surface area contributed by atoms with E-state index in [9.17, 15) is 9.59 Å². The number of thiazole rings is 1. The first-order valence-corrected chi connectivity index (χ1v) is 6.85. The van der Waals surface area contributed by atoms with E-state index in [0.717, 1.165) is 11.3 Å². The van der Waals surface area contributed by atoms with Crippen LogP contribution in [0.4, 0.5) is 5.13 Å². The molecule has 1 fully saturated rings. The van der Waals surface area contributed by atoms with E-state index < -0.39 is 5.97 Å². The van der Waals surface area contributed by atoms with Crippen molar-refractivity contribution in [1.29, 1.82) is 0 Å². The Morgan fingerprint density at radius 2 is 1.95 bits per heavy atom. The number of ether oxygens (including phenoxy) is 1. The van der Waals surface area contributed by atoms with Crippen molar-refractivity contribution in [3.8, 4) is 0 Å². The van der Waals surface area contributed by atoms with Crippen LogP contribution in [-0.2, 0) is 4.74 Å². The Morgan fingerprint density at radius 3 is 2.37 bits per heavy atom. The zero-order valence-corrected chi connectivity index (χ0v) is 11.9. The number of carbonyl (C=O) groups is 2. The predicted molar refractivity (Wildman–Crippen MR) is 71.3 cm³/mol. The number of carboxylic acid groups (broad SMARTS) is 1. The summed E-state index contributed by atoms with van der Waals surface area (Å²) in [5.41, 5.74) is -0.153. The van der Waals surface area contributed by atoms with E-state index in [1.165, 1.54) is 6.92 Å². The SMILES string of the molecule is CC(=O)c1sc(N2C[C@@H](C)O[C@@H](C)C2)nc1C(=O)O. The van der Waals surface area contributed by atoms with Gasteiger partial charge in [-0.1, -0.05) is 11.3 Å². The normalized spacial score (nSPS) is 23.4. The van der Waals surface area contributed by atoms with Gasteiger partial charge in [0.15, 0.2) is 16.6 Å². The number of anilines is 1. The molecule has 7 heteroatoms. The van der Waals surface area contributed by atoms with Gasteiger partial charge in [0.1, 0.15) is 4.88 Å². The number of hydrogen-bond acceptors (Lipinski definition) is 6. The number of carbonyl (C=O) groups excluding carboxylic acids is 1. The number of hydrogen-bond donors (Lipinski definition) is 1. The lowest BCUT2D eigenvalue weighted by atomic mass is 10.2. The van der Waals surface area contributed by atoms with E-state index >= 15 is 0 Å². The largest absolute Gasteiger partial charge is 0.476 e. The van der Waals surface area contributed by atoms with Gasteiger partial charge in [-0.05, 0) is 13.8 Å². The van der Waals surface area contributed by atoms with Gasteiger partial charge < -0.3 is 14.7 Å². The molecule has 1 aliphatic rings. The van der Waals surface area contributed by atoms with Crippen LogP contribution in [-0.4, -0.2) is 47.1 Å². The summed E-state index contributed by atoms with van der Waals surface area (Å²) in [6.45, 7) is 6.57. The van der Waals surface area contributed by atoms with Gasteiger partial charge in [-0.15, -0.1) is 0 Å². The van der Waals surface area contributed by atoms with Gasteiger partial charge in [-0.25, -0.2) is 9.78 Å². The first kappa shape index (κ1) is 14.0. The lowest BCUT2D eigenvalue weighted by Crippen LogP contribution is -2.45. The maximum Gasteiger partial charge on any atom is 0.356 e. The highest BCUT2D eigenvalue weighted by atomic mass is 32.1. The van der Waals surface area contributed by atoms with Gasteiger partial charge in [-0.3, -0.25) is 4.79 Å². The Hall–Kier alpha value is -1.47. The molecule has 2 atom stereocenters. The number of morpholine rings is 1. The molecule has 2 rings (SSSR count).